The van der Waals surface area contributed by atoms with E-state index in [1.54, 1.807) is 41.8 Å². The zero-order valence-corrected chi connectivity index (χ0v) is 16.6. The lowest BCUT2D eigenvalue weighted by molar-refractivity contribution is 0.0699. The minimum absolute atomic E-state index is 0.0337. The second-order valence-corrected chi connectivity index (χ2v) is 8.04. The van der Waals surface area contributed by atoms with Gasteiger partial charge in [-0.05, 0) is 41.9 Å². The number of carbonyl (C=O) groups is 2. The summed E-state index contributed by atoms with van der Waals surface area (Å²) in [7, 11) is 0. The molecule has 3 aromatic heterocycles. The lowest BCUT2D eigenvalue weighted by atomic mass is 10.1. The van der Waals surface area contributed by atoms with Crippen molar-refractivity contribution in [1.29, 1.82) is 0 Å². The van der Waals surface area contributed by atoms with Gasteiger partial charge in [-0.3, -0.25) is 4.79 Å². The van der Waals surface area contributed by atoms with Crippen molar-refractivity contribution in [2.75, 3.05) is 5.32 Å². The van der Waals surface area contributed by atoms with Gasteiger partial charge in [0.2, 0.25) is 0 Å². The summed E-state index contributed by atoms with van der Waals surface area (Å²) >= 11 is 2.30. The molecule has 1 amide bonds. The SMILES string of the molecule is O=C(Nc1csc(-c2cc3cccc(O)c3o2)c1C(=O)O)c1ccc2nnsc2c1. The van der Waals surface area contributed by atoms with Gasteiger partial charge in [0.25, 0.3) is 5.91 Å². The van der Waals surface area contributed by atoms with Crippen molar-refractivity contribution in [2.24, 2.45) is 0 Å². The number of benzene rings is 2. The zero-order valence-electron chi connectivity index (χ0n) is 14.9. The van der Waals surface area contributed by atoms with E-state index in [1.807, 2.05) is 0 Å². The van der Waals surface area contributed by atoms with Crippen LogP contribution in [-0.4, -0.2) is 31.7 Å². The van der Waals surface area contributed by atoms with Crippen molar-refractivity contribution in [3.05, 3.63) is 59.0 Å². The number of rotatable bonds is 4. The van der Waals surface area contributed by atoms with Crippen molar-refractivity contribution in [3.8, 4) is 16.4 Å². The number of aromatic carboxylic acids is 1. The van der Waals surface area contributed by atoms with Crippen LogP contribution in [0, 0.1) is 0 Å². The Morgan fingerprint density at radius 3 is 2.80 bits per heavy atom. The van der Waals surface area contributed by atoms with E-state index >= 15 is 0 Å². The predicted octanol–water partition coefficient (Wildman–Crippen LogP) is 4.82. The van der Waals surface area contributed by atoms with Gasteiger partial charge in [-0.1, -0.05) is 16.6 Å². The lowest BCUT2D eigenvalue weighted by Crippen LogP contribution is -2.13. The summed E-state index contributed by atoms with van der Waals surface area (Å²) < 4.78 is 10.3. The van der Waals surface area contributed by atoms with Crippen LogP contribution in [0.1, 0.15) is 20.7 Å². The number of nitrogens with one attached hydrogen (secondary N) is 1. The van der Waals surface area contributed by atoms with Crippen LogP contribution in [0.3, 0.4) is 0 Å². The van der Waals surface area contributed by atoms with E-state index in [9.17, 15) is 19.8 Å². The molecule has 0 spiro atoms. The van der Waals surface area contributed by atoms with Crippen LogP contribution in [0.25, 0.3) is 31.8 Å². The Morgan fingerprint density at radius 1 is 1.13 bits per heavy atom. The monoisotopic (exact) mass is 437 g/mol. The van der Waals surface area contributed by atoms with Crippen LogP contribution in [0.4, 0.5) is 5.69 Å². The zero-order chi connectivity index (χ0) is 20.8. The topological polar surface area (TPSA) is 126 Å². The molecule has 8 nitrogen and oxygen atoms in total. The molecule has 0 bridgehead atoms. The standard InChI is InChI=1S/C20H11N3O5S2/c24-13-3-1-2-9-6-14(28-17(9)13)18-16(20(26)27)12(8-29-18)21-19(25)10-4-5-11-15(7-10)30-23-22-11/h1-8,24H,(H,21,25)(H,26,27). The van der Waals surface area contributed by atoms with Crippen LogP contribution >= 0.6 is 22.9 Å². The Hall–Kier alpha value is -3.76. The van der Waals surface area contributed by atoms with Gasteiger partial charge in [-0.15, -0.1) is 16.4 Å². The highest BCUT2D eigenvalue weighted by Gasteiger charge is 2.24. The summed E-state index contributed by atoms with van der Waals surface area (Å²) in [5.74, 6) is -1.38. The van der Waals surface area contributed by atoms with Gasteiger partial charge in [0.05, 0.1) is 15.3 Å². The summed E-state index contributed by atoms with van der Waals surface area (Å²) in [6.45, 7) is 0. The van der Waals surface area contributed by atoms with E-state index in [0.717, 1.165) is 16.0 Å². The number of thiophene rings is 1. The number of nitrogens with zero attached hydrogens (tertiary/aromatic N) is 2. The fraction of sp³-hybridized carbons (Fsp3) is 0. The average Bonchev–Trinajstić information content (AvgIpc) is 3.45. The maximum Gasteiger partial charge on any atom is 0.339 e. The summed E-state index contributed by atoms with van der Waals surface area (Å²) in [6, 6.07) is 11.5. The molecule has 3 N–H and O–H groups in total. The van der Waals surface area contributed by atoms with Crippen LogP contribution in [0.5, 0.6) is 5.75 Å². The summed E-state index contributed by atoms with van der Waals surface area (Å²) in [5, 5.41) is 28.5. The molecule has 2 aromatic carbocycles. The second kappa shape index (κ2) is 6.94. The number of hydrogen-bond donors (Lipinski definition) is 3. The number of phenolic OH excluding ortho intramolecular Hbond substituents is 1. The van der Waals surface area contributed by atoms with Gasteiger partial charge in [0, 0.05) is 16.3 Å². The number of phenols is 1. The van der Waals surface area contributed by atoms with Gasteiger partial charge in [-0.2, -0.15) is 0 Å². The van der Waals surface area contributed by atoms with Gasteiger partial charge in [0.1, 0.15) is 16.8 Å². The maximum absolute atomic E-state index is 12.7. The molecular weight excluding hydrogens is 426 g/mol. The smallest absolute Gasteiger partial charge is 0.339 e. The van der Waals surface area contributed by atoms with Gasteiger partial charge in [-0.25, -0.2) is 4.79 Å². The highest BCUT2D eigenvalue weighted by atomic mass is 32.1. The Kier molecular flexibility index (Phi) is 4.23. The highest BCUT2D eigenvalue weighted by molar-refractivity contribution is 7.14. The fourth-order valence-corrected chi connectivity index (χ4v) is 4.66. The minimum atomic E-state index is -1.20. The molecule has 148 valence electrons. The Balaban J connectivity index is 1.52. The number of para-hydroxylation sites is 1. The number of aromatic hydroxyl groups is 1. The third-order valence-corrected chi connectivity index (χ3v) is 6.19. The Bertz CT molecular complexity index is 1450. The summed E-state index contributed by atoms with van der Waals surface area (Å²) in [4.78, 5) is 25.0. The number of carbonyl (C=O) groups excluding carboxylic acids is 1. The van der Waals surface area contributed by atoms with Crippen LogP contribution < -0.4 is 5.32 Å². The second-order valence-electron chi connectivity index (χ2n) is 6.37. The summed E-state index contributed by atoms with van der Waals surface area (Å²) in [5.41, 5.74) is 1.42. The molecule has 0 radical (unpaired) electrons. The van der Waals surface area contributed by atoms with Crippen molar-refractivity contribution >= 4 is 61.6 Å². The van der Waals surface area contributed by atoms with Crippen molar-refractivity contribution in [3.63, 3.8) is 0 Å². The Morgan fingerprint density at radius 2 is 2.00 bits per heavy atom. The van der Waals surface area contributed by atoms with E-state index in [2.05, 4.69) is 14.9 Å². The number of anilines is 1. The van der Waals surface area contributed by atoms with Crippen LogP contribution in [0.2, 0.25) is 0 Å². The fourth-order valence-electron chi connectivity index (χ4n) is 3.12. The number of aromatic nitrogens is 2. The molecule has 0 aliphatic rings. The molecule has 5 rings (SSSR count). The van der Waals surface area contributed by atoms with E-state index in [0.29, 0.717) is 27.1 Å². The van der Waals surface area contributed by atoms with Crippen molar-refractivity contribution in [1.82, 2.24) is 9.59 Å². The molecule has 0 atom stereocenters. The third kappa shape index (κ3) is 2.98. The van der Waals surface area contributed by atoms with Crippen LogP contribution in [-0.2, 0) is 0 Å². The lowest BCUT2D eigenvalue weighted by Gasteiger charge is -2.05. The quantitative estimate of drug-likeness (QED) is 0.368. The maximum atomic E-state index is 12.7. The van der Waals surface area contributed by atoms with Crippen molar-refractivity contribution < 1.29 is 24.2 Å². The molecule has 10 heteroatoms. The first kappa shape index (κ1) is 18.3. The van der Waals surface area contributed by atoms with Gasteiger partial charge in [0.15, 0.2) is 11.3 Å². The largest absolute Gasteiger partial charge is 0.504 e. The van der Waals surface area contributed by atoms with Crippen molar-refractivity contribution in [2.45, 2.75) is 0 Å². The molecule has 5 aromatic rings. The third-order valence-electron chi connectivity index (χ3n) is 4.51. The molecule has 30 heavy (non-hydrogen) atoms. The van der Waals surface area contributed by atoms with Gasteiger partial charge >= 0.3 is 5.97 Å². The molecule has 0 aliphatic heterocycles. The number of fused-ring (bicyclic) bond motifs is 2. The molecule has 0 fully saturated rings. The Labute approximate surface area is 176 Å². The average molecular weight is 437 g/mol. The van der Waals surface area contributed by atoms with E-state index in [4.69, 9.17) is 4.42 Å². The first-order chi connectivity index (χ1) is 14.5. The number of hydrogen-bond acceptors (Lipinski definition) is 8. The van der Waals surface area contributed by atoms with E-state index in [1.165, 1.54) is 17.6 Å². The van der Waals surface area contributed by atoms with E-state index < -0.39 is 11.9 Å². The minimum Gasteiger partial charge on any atom is -0.504 e. The number of amides is 1. The molecule has 0 saturated heterocycles. The number of carboxylic acids is 1. The number of furan rings is 1. The molecular formula is C20H11N3O5S2. The van der Waals surface area contributed by atoms with Gasteiger partial charge < -0.3 is 19.9 Å². The highest BCUT2D eigenvalue weighted by Crippen LogP contribution is 2.40. The first-order valence-electron chi connectivity index (χ1n) is 8.61. The van der Waals surface area contributed by atoms with E-state index in [-0.39, 0.29) is 22.6 Å². The molecule has 0 saturated carbocycles. The molecule has 3 heterocycles. The number of carboxylic acid groups (broad SMARTS) is 1. The predicted molar refractivity (Wildman–Crippen MR) is 114 cm³/mol. The summed E-state index contributed by atoms with van der Waals surface area (Å²) in [6.07, 6.45) is 0. The first-order valence-corrected chi connectivity index (χ1v) is 10.3. The normalized spacial score (nSPS) is 11.2. The molecule has 0 unspecified atom stereocenters. The van der Waals surface area contributed by atoms with Crippen LogP contribution in [0.15, 0.2) is 52.3 Å². The molecule has 0 aliphatic carbocycles.